The maximum absolute atomic E-state index is 10.7. The molecule has 1 unspecified atom stereocenters. The molecule has 0 bridgehead atoms. The smallest absolute Gasteiger partial charge is 0.347 e. The van der Waals surface area contributed by atoms with Gasteiger partial charge in [0.2, 0.25) is 10.3 Å². The van der Waals surface area contributed by atoms with Crippen LogP contribution in [0.4, 0.5) is 0 Å². The minimum atomic E-state index is -2.73. The van der Waals surface area contributed by atoms with E-state index < -0.39 is 26.0 Å². The Morgan fingerprint density at radius 1 is 1.43 bits per heavy atom. The normalized spacial score (nSPS) is 11.9. The summed E-state index contributed by atoms with van der Waals surface area (Å²) in [6.45, 7) is 1.34. The van der Waals surface area contributed by atoms with Gasteiger partial charge >= 0.3 is 5.97 Å². The average Bonchev–Trinajstić information content (AvgIpc) is 2.02. The zero-order valence-electron chi connectivity index (χ0n) is 7.36. The molecule has 0 amide bonds. The summed E-state index contributed by atoms with van der Waals surface area (Å²) in [6, 6.07) is 0. The molecular weight excluding hydrogens is 276 g/mol. The molecule has 0 aliphatic carbocycles. The Balaban J connectivity index is 4.47. The number of ketones is 1. The van der Waals surface area contributed by atoms with E-state index in [1.54, 1.807) is 0 Å². The van der Waals surface area contributed by atoms with Crippen LogP contribution in [0.15, 0.2) is 0 Å². The highest BCUT2D eigenvalue weighted by Crippen LogP contribution is 2.09. The van der Waals surface area contributed by atoms with Crippen LogP contribution in [0.2, 0.25) is 0 Å². The van der Waals surface area contributed by atoms with Gasteiger partial charge in [0.15, 0.2) is 4.86 Å². The second-order valence-corrected chi connectivity index (χ2v) is 4.65. The third kappa shape index (κ3) is 4.52. The van der Waals surface area contributed by atoms with Crippen LogP contribution >= 0.6 is 15.9 Å². The molecule has 0 aromatic carbocycles. The van der Waals surface area contributed by atoms with Crippen LogP contribution in [0.3, 0.4) is 0 Å². The molecule has 0 spiro atoms. The van der Waals surface area contributed by atoms with Gasteiger partial charge in [0.05, 0.1) is 4.83 Å². The van der Waals surface area contributed by atoms with Crippen molar-refractivity contribution in [3.05, 3.63) is 0 Å². The van der Waals surface area contributed by atoms with Gasteiger partial charge in [-0.05, 0) is 19.8 Å². The molecule has 0 saturated carbocycles. The average molecular weight is 285 g/mol. The van der Waals surface area contributed by atoms with E-state index in [4.69, 9.17) is 5.11 Å². The zero-order valence-corrected chi connectivity index (χ0v) is 9.76. The molecule has 0 aliphatic heterocycles. The van der Waals surface area contributed by atoms with Crippen LogP contribution < -0.4 is 0 Å². The molecule has 5 nitrogen and oxygen atoms in total. The zero-order chi connectivity index (χ0) is 11.3. The predicted molar refractivity (Wildman–Crippen MR) is 54.2 cm³/mol. The summed E-state index contributed by atoms with van der Waals surface area (Å²) in [5.74, 6) is -1.63. The molecule has 0 aliphatic rings. The van der Waals surface area contributed by atoms with Crippen LogP contribution in [-0.2, 0) is 19.9 Å². The Bertz CT molecular complexity index is 362. The van der Waals surface area contributed by atoms with E-state index in [9.17, 15) is 18.0 Å². The van der Waals surface area contributed by atoms with Gasteiger partial charge in [-0.1, -0.05) is 15.9 Å². The van der Waals surface area contributed by atoms with Crippen molar-refractivity contribution in [2.75, 3.05) is 0 Å². The van der Waals surface area contributed by atoms with Crippen molar-refractivity contribution >= 4 is 42.8 Å². The molecule has 14 heavy (non-hydrogen) atoms. The SMILES string of the molecule is CC(=O)C(Br)CCC(C(=O)O)=S(=O)=O. The van der Waals surface area contributed by atoms with Crippen LogP contribution in [0, 0.1) is 0 Å². The topological polar surface area (TPSA) is 88.5 Å². The molecule has 0 fully saturated rings. The number of aliphatic carboxylic acids is 1. The standard InChI is InChI=1S/C7H9BrO5S/c1-4(9)5(8)2-3-6(7(10)11)14(12)13/h5H,2-3H2,1H3,(H,10,11). The summed E-state index contributed by atoms with van der Waals surface area (Å²) < 4.78 is 20.8. The van der Waals surface area contributed by atoms with Crippen molar-refractivity contribution in [1.82, 2.24) is 0 Å². The first-order valence-electron chi connectivity index (χ1n) is 3.69. The largest absolute Gasteiger partial charge is 0.477 e. The summed E-state index contributed by atoms with van der Waals surface area (Å²) in [5.41, 5.74) is 0. The lowest BCUT2D eigenvalue weighted by atomic mass is 10.1. The Kier molecular flexibility index (Phi) is 5.63. The van der Waals surface area contributed by atoms with Gasteiger partial charge in [-0.3, -0.25) is 4.79 Å². The van der Waals surface area contributed by atoms with Crippen molar-refractivity contribution in [3.8, 4) is 0 Å². The molecule has 0 heterocycles. The molecule has 80 valence electrons. The van der Waals surface area contributed by atoms with Crippen LogP contribution in [-0.4, -0.2) is 35.0 Å². The fourth-order valence-corrected chi connectivity index (χ4v) is 1.38. The van der Waals surface area contributed by atoms with E-state index in [1.165, 1.54) is 6.92 Å². The number of Topliss-reactive ketones (excluding diaryl/α,β-unsaturated/α-hetero) is 1. The fourth-order valence-electron chi connectivity index (χ4n) is 0.723. The summed E-state index contributed by atoms with van der Waals surface area (Å²) in [4.78, 5) is 20.0. The van der Waals surface area contributed by atoms with Crippen molar-refractivity contribution in [2.45, 2.75) is 24.6 Å². The minimum absolute atomic E-state index is 0.152. The van der Waals surface area contributed by atoms with Crippen LogP contribution in [0.25, 0.3) is 0 Å². The lowest BCUT2D eigenvalue weighted by Crippen LogP contribution is -2.18. The molecular formula is C7H9BrO5S. The van der Waals surface area contributed by atoms with Crippen molar-refractivity contribution in [1.29, 1.82) is 0 Å². The Morgan fingerprint density at radius 3 is 2.21 bits per heavy atom. The van der Waals surface area contributed by atoms with Gasteiger partial charge in [0.25, 0.3) is 0 Å². The van der Waals surface area contributed by atoms with Crippen LogP contribution in [0.5, 0.6) is 0 Å². The lowest BCUT2D eigenvalue weighted by molar-refractivity contribution is -0.129. The second-order valence-electron chi connectivity index (χ2n) is 2.58. The molecule has 0 saturated heterocycles. The number of carboxylic acid groups (broad SMARTS) is 1. The number of carboxylic acids is 1. The number of rotatable bonds is 5. The highest BCUT2D eigenvalue weighted by atomic mass is 79.9. The molecule has 0 aromatic rings. The Labute approximate surface area is 90.8 Å². The number of carbonyl (C=O) groups is 2. The quantitative estimate of drug-likeness (QED) is 0.578. The predicted octanol–water partition coefficient (Wildman–Crippen LogP) is 0.255. The molecule has 7 heteroatoms. The van der Waals surface area contributed by atoms with Crippen molar-refractivity contribution in [2.24, 2.45) is 0 Å². The molecule has 1 atom stereocenters. The molecule has 0 rings (SSSR count). The first-order chi connectivity index (χ1) is 6.36. The van der Waals surface area contributed by atoms with Gasteiger partial charge in [-0.2, -0.15) is 8.42 Å². The van der Waals surface area contributed by atoms with E-state index in [0.29, 0.717) is 0 Å². The third-order valence-electron chi connectivity index (χ3n) is 1.51. The van der Waals surface area contributed by atoms with Gasteiger partial charge < -0.3 is 5.11 Å². The van der Waals surface area contributed by atoms with E-state index in [-0.39, 0.29) is 18.6 Å². The monoisotopic (exact) mass is 284 g/mol. The third-order valence-corrected chi connectivity index (χ3v) is 3.39. The summed E-state index contributed by atoms with van der Waals surface area (Å²) in [6.07, 6.45) is 0.00584. The number of hydrogen-bond donors (Lipinski definition) is 1. The lowest BCUT2D eigenvalue weighted by Gasteiger charge is -2.03. The van der Waals surface area contributed by atoms with Gasteiger partial charge in [-0.25, -0.2) is 4.79 Å². The first kappa shape index (κ1) is 13.3. The molecule has 0 radical (unpaired) electrons. The Morgan fingerprint density at radius 2 is 1.93 bits per heavy atom. The number of alkyl halides is 1. The molecule has 1 N–H and O–H groups in total. The summed E-state index contributed by atoms with van der Waals surface area (Å²) in [7, 11) is -2.73. The van der Waals surface area contributed by atoms with Gasteiger partial charge in [0.1, 0.15) is 5.78 Å². The highest BCUT2D eigenvalue weighted by molar-refractivity contribution is 9.10. The van der Waals surface area contributed by atoms with Gasteiger partial charge in [0, 0.05) is 0 Å². The van der Waals surface area contributed by atoms with Crippen molar-refractivity contribution in [3.63, 3.8) is 0 Å². The van der Waals surface area contributed by atoms with E-state index in [1.807, 2.05) is 0 Å². The minimum Gasteiger partial charge on any atom is -0.477 e. The Hall–Kier alpha value is -0.690. The van der Waals surface area contributed by atoms with Crippen LogP contribution in [0.1, 0.15) is 19.8 Å². The maximum Gasteiger partial charge on any atom is 0.347 e. The number of halogens is 1. The highest BCUT2D eigenvalue weighted by Gasteiger charge is 2.16. The van der Waals surface area contributed by atoms with E-state index in [2.05, 4.69) is 15.9 Å². The number of hydrogen-bond acceptors (Lipinski definition) is 4. The van der Waals surface area contributed by atoms with E-state index in [0.717, 1.165) is 0 Å². The number of carbonyl (C=O) groups excluding carboxylic acids is 1. The van der Waals surface area contributed by atoms with Crippen molar-refractivity contribution < 1.29 is 23.1 Å². The van der Waals surface area contributed by atoms with Gasteiger partial charge in [-0.15, -0.1) is 0 Å². The van der Waals surface area contributed by atoms with E-state index >= 15 is 0 Å². The maximum atomic E-state index is 10.7. The summed E-state index contributed by atoms with van der Waals surface area (Å²) in [5, 5.41) is 8.46. The first-order valence-corrected chi connectivity index (χ1v) is 5.68. The molecule has 0 aromatic heterocycles. The fraction of sp³-hybridized carbons (Fsp3) is 0.571. The summed E-state index contributed by atoms with van der Waals surface area (Å²) >= 11 is 3.01. The second kappa shape index (κ2) is 5.92.